The van der Waals surface area contributed by atoms with Crippen LogP contribution >= 0.6 is 11.6 Å². The van der Waals surface area contributed by atoms with Gasteiger partial charge < -0.3 is 19.1 Å². The van der Waals surface area contributed by atoms with Crippen molar-refractivity contribution in [2.75, 3.05) is 44.3 Å². The zero-order valence-electron chi connectivity index (χ0n) is 27.7. The van der Waals surface area contributed by atoms with Crippen LogP contribution in [0.1, 0.15) is 78.3 Å². The zero-order valence-corrected chi connectivity index (χ0v) is 28.4. The summed E-state index contributed by atoms with van der Waals surface area (Å²) in [5.74, 6) is 0.354. The molecule has 5 aliphatic rings. The molecule has 1 saturated carbocycles. The number of amides is 2. The van der Waals surface area contributed by atoms with Crippen molar-refractivity contribution in [3.05, 3.63) is 41.3 Å². The van der Waals surface area contributed by atoms with Gasteiger partial charge in [0.25, 0.3) is 0 Å². The number of nitrogens with zero attached hydrogens (tertiary/aromatic N) is 6. The third-order valence-corrected chi connectivity index (χ3v) is 12.0. The fourth-order valence-electron chi connectivity index (χ4n) is 8.69. The van der Waals surface area contributed by atoms with Crippen molar-refractivity contribution in [2.45, 2.75) is 90.3 Å². The normalized spacial score (nSPS) is 26.5. The molecule has 46 heavy (non-hydrogen) atoms. The van der Waals surface area contributed by atoms with Crippen LogP contribution in [0.5, 0.6) is 0 Å². The van der Waals surface area contributed by atoms with Crippen LogP contribution < -0.4 is 4.90 Å². The van der Waals surface area contributed by atoms with E-state index in [1.807, 2.05) is 28.8 Å². The molecule has 4 aliphatic heterocycles. The Morgan fingerprint density at radius 1 is 1.02 bits per heavy atom. The average Bonchev–Trinajstić information content (AvgIpc) is 3.65. The number of piperidine rings is 1. The standard InChI is InChI=1S/C36H45ClN6O3/c1-22(2)42-21-38-28-17-27(39-31(37)30(28)42)23-6-7-26-29(14-23)43(25-15-24(16-25)41-11-8-34(3,4)18-41)33(45)36(26)9-12-40(13-10-36)32(44)35(5)19-46-20-35/h6-7,14,17,21-22,24-25H,8-13,15-16,18-20H2,1-5H3/t24-,25+. The quantitative estimate of drug-likeness (QED) is 0.325. The Morgan fingerprint density at radius 2 is 1.76 bits per heavy atom. The summed E-state index contributed by atoms with van der Waals surface area (Å²) < 4.78 is 7.43. The molecule has 8 rings (SSSR count). The van der Waals surface area contributed by atoms with Crippen molar-refractivity contribution in [3.8, 4) is 11.3 Å². The molecule has 10 heteroatoms. The third-order valence-electron chi connectivity index (χ3n) is 11.7. The number of pyridine rings is 1. The lowest BCUT2D eigenvalue weighted by molar-refractivity contribution is -0.170. The summed E-state index contributed by atoms with van der Waals surface area (Å²) in [7, 11) is 0. The molecule has 0 atom stereocenters. The SMILES string of the molecule is CC(C)n1cnc2cc(-c3ccc4c(c3)N([C@H]3C[C@@H](N5CCC(C)(C)C5)C3)C(=O)C43CCN(C(=O)C4(C)COC4)CC3)nc(Cl)c21. The van der Waals surface area contributed by atoms with Gasteiger partial charge in [0.1, 0.15) is 5.52 Å². The monoisotopic (exact) mass is 644 g/mol. The fraction of sp³-hybridized carbons (Fsp3) is 0.611. The maximum atomic E-state index is 14.7. The van der Waals surface area contributed by atoms with Gasteiger partial charge in [-0.2, -0.15) is 0 Å². The number of ether oxygens (including phenoxy) is 1. The van der Waals surface area contributed by atoms with Crippen molar-refractivity contribution < 1.29 is 14.3 Å². The molecule has 244 valence electrons. The topological polar surface area (TPSA) is 83.8 Å². The lowest BCUT2D eigenvalue weighted by Gasteiger charge is -2.47. The van der Waals surface area contributed by atoms with Gasteiger partial charge in [-0.05, 0) is 82.5 Å². The first-order chi connectivity index (χ1) is 21.9. The summed E-state index contributed by atoms with van der Waals surface area (Å²) >= 11 is 6.77. The van der Waals surface area contributed by atoms with E-state index < -0.39 is 10.8 Å². The number of carbonyl (C=O) groups excluding carboxylic acids is 2. The predicted octanol–water partition coefficient (Wildman–Crippen LogP) is 5.84. The van der Waals surface area contributed by atoms with E-state index in [0.717, 1.165) is 59.5 Å². The van der Waals surface area contributed by atoms with Gasteiger partial charge in [0.15, 0.2) is 5.15 Å². The van der Waals surface area contributed by atoms with Crippen LogP contribution in [-0.2, 0) is 19.7 Å². The molecule has 1 spiro atoms. The van der Waals surface area contributed by atoms with Gasteiger partial charge in [0.05, 0.1) is 41.6 Å². The summed E-state index contributed by atoms with van der Waals surface area (Å²) in [6, 6.07) is 9.29. The molecule has 4 fully saturated rings. The van der Waals surface area contributed by atoms with Crippen LogP contribution in [0.15, 0.2) is 30.6 Å². The Balaban J connectivity index is 1.12. The van der Waals surface area contributed by atoms with Gasteiger partial charge in [-0.15, -0.1) is 0 Å². The molecule has 9 nitrogen and oxygen atoms in total. The minimum absolute atomic E-state index is 0.153. The van der Waals surface area contributed by atoms with E-state index in [9.17, 15) is 9.59 Å². The lowest BCUT2D eigenvalue weighted by atomic mass is 9.72. The summed E-state index contributed by atoms with van der Waals surface area (Å²) in [5, 5.41) is 0.432. The van der Waals surface area contributed by atoms with Crippen LogP contribution in [0.3, 0.4) is 0 Å². The van der Waals surface area contributed by atoms with E-state index >= 15 is 0 Å². The molecule has 6 heterocycles. The molecule has 1 aliphatic carbocycles. The van der Waals surface area contributed by atoms with Crippen molar-refractivity contribution in [3.63, 3.8) is 0 Å². The highest BCUT2D eigenvalue weighted by molar-refractivity contribution is 6.34. The minimum atomic E-state index is -0.618. The molecular weight excluding hydrogens is 600 g/mol. The maximum Gasteiger partial charge on any atom is 0.238 e. The molecule has 2 amide bonds. The second-order valence-corrected chi connectivity index (χ2v) is 16.3. The summed E-state index contributed by atoms with van der Waals surface area (Å²) in [4.78, 5) is 44.3. The van der Waals surface area contributed by atoms with E-state index in [1.54, 1.807) is 0 Å². The number of benzene rings is 1. The van der Waals surface area contributed by atoms with E-state index in [2.05, 4.69) is 60.7 Å². The van der Waals surface area contributed by atoms with Crippen LogP contribution in [0, 0.1) is 10.8 Å². The van der Waals surface area contributed by atoms with Gasteiger partial charge in [-0.3, -0.25) is 14.5 Å². The van der Waals surface area contributed by atoms with E-state index in [4.69, 9.17) is 21.3 Å². The predicted molar refractivity (Wildman–Crippen MR) is 179 cm³/mol. The van der Waals surface area contributed by atoms with Gasteiger partial charge in [-0.25, -0.2) is 9.97 Å². The number of aromatic nitrogens is 3. The average molecular weight is 645 g/mol. The Morgan fingerprint density at radius 3 is 2.39 bits per heavy atom. The highest BCUT2D eigenvalue weighted by Gasteiger charge is 2.57. The largest absolute Gasteiger partial charge is 0.379 e. The van der Waals surface area contributed by atoms with Crippen LogP contribution in [0.4, 0.5) is 5.69 Å². The molecule has 2 aromatic heterocycles. The summed E-state index contributed by atoms with van der Waals surface area (Å²) in [5.41, 5.74) is 4.73. The Labute approximate surface area is 276 Å². The Hall–Kier alpha value is -3.01. The maximum absolute atomic E-state index is 14.7. The van der Waals surface area contributed by atoms with Crippen molar-refractivity contribution in [1.29, 1.82) is 0 Å². The van der Waals surface area contributed by atoms with Gasteiger partial charge in [0, 0.05) is 49.0 Å². The van der Waals surface area contributed by atoms with Crippen LogP contribution in [0.2, 0.25) is 5.15 Å². The number of imidazole rings is 1. The zero-order chi connectivity index (χ0) is 32.2. The van der Waals surface area contributed by atoms with Crippen LogP contribution in [0.25, 0.3) is 22.3 Å². The summed E-state index contributed by atoms with van der Waals surface area (Å²) in [6.45, 7) is 15.3. The Bertz CT molecular complexity index is 1730. The fourth-order valence-corrected chi connectivity index (χ4v) is 8.97. The number of carbonyl (C=O) groups is 2. The number of halogens is 1. The third kappa shape index (κ3) is 4.55. The van der Waals surface area contributed by atoms with E-state index in [0.29, 0.717) is 55.8 Å². The minimum Gasteiger partial charge on any atom is -0.379 e. The first-order valence-corrected chi connectivity index (χ1v) is 17.4. The Kier molecular flexibility index (Phi) is 6.92. The molecule has 0 N–H and O–H groups in total. The first kappa shape index (κ1) is 30.3. The van der Waals surface area contributed by atoms with E-state index in [1.165, 1.54) is 6.42 Å². The van der Waals surface area contributed by atoms with Gasteiger partial charge in [0.2, 0.25) is 11.8 Å². The lowest BCUT2D eigenvalue weighted by Crippen LogP contribution is -2.59. The van der Waals surface area contributed by atoms with Crippen molar-refractivity contribution >= 4 is 40.1 Å². The van der Waals surface area contributed by atoms with E-state index in [-0.39, 0.29) is 23.9 Å². The second-order valence-electron chi connectivity index (χ2n) is 15.9. The molecule has 0 bridgehead atoms. The molecule has 3 saturated heterocycles. The van der Waals surface area contributed by atoms with Gasteiger partial charge >= 0.3 is 0 Å². The number of hydrogen-bond acceptors (Lipinski definition) is 6. The molecular formula is C36H45ClN6O3. The smallest absolute Gasteiger partial charge is 0.238 e. The highest BCUT2D eigenvalue weighted by Crippen LogP contribution is 2.52. The number of fused-ring (bicyclic) bond motifs is 3. The summed E-state index contributed by atoms with van der Waals surface area (Å²) in [6.07, 6.45) is 6.30. The highest BCUT2D eigenvalue weighted by atomic mass is 35.5. The number of likely N-dealkylation sites (tertiary alicyclic amines) is 2. The molecule has 0 unspecified atom stereocenters. The van der Waals surface area contributed by atoms with Gasteiger partial charge in [-0.1, -0.05) is 37.6 Å². The first-order valence-electron chi connectivity index (χ1n) is 17.0. The number of hydrogen-bond donors (Lipinski definition) is 0. The molecule has 3 aromatic rings. The second kappa shape index (κ2) is 10.5. The van der Waals surface area contributed by atoms with Crippen LogP contribution in [-0.4, -0.2) is 87.6 Å². The molecule has 1 aromatic carbocycles. The van der Waals surface area contributed by atoms with Crippen molar-refractivity contribution in [2.24, 2.45) is 10.8 Å². The number of rotatable bonds is 5. The van der Waals surface area contributed by atoms with Crippen molar-refractivity contribution in [1.82, 2.24) is 24.3 Å². The number of anilines is 1. The molecule has 0 radical (unpaired) electrons.